The topological polar surface area (TPSA) is 67.9 Å². The van der Waals surface area contributed by atoms with E-state index in [-0.39, 0.29) is 5.54 Å². The van der Waals surface area contributed by atoms with Crippen molar-refractivity contribution in [2.24, 2.45) is 0 Å². The lowest BCUT2D eigenvalue weighted by Gasteiger charge is -2.34. The molecule has 0 atom stereocenters. The lowest BCUT2D eigenvalue weighted by atomic mass is 10.1. The average Bonchev–Trinajstić information content (AvgIpc) is 2.46. The Hall–Kier alpha value is -2.24. The highest BCUT2D eigenvalue weighted by Crippen LogP contribution is 2.21. The summed E-state index contributed by atoms with van der Waals surface area (Å²) < 4.78 is 9.99. The van der Waals surface area contributed by atoms with Gasteiger partial charge in [-0.15, -0.1) is 0 Å². The molecule has 0 saturated carbocycles. The fourth-order valence-corrected chi connectivity index (χ4v) is 1.98. The van der Waals surface area contributed by atoms with Crippen LogP contribution in [-0.4, -0.2) is 36.3 Å². The molecule has 0 unspecified atom stereocenters. The maximum atomic E-state index is 12.4. The number of anilines is 1. The van der Waals surface area contributed by atoms with Gasteiger partial charge in [0.1, 0.15) is 5.75 Å². The van der Waals surface area contributed by atoms with Crippen LogP contribution in [0.3, 0.4) is 0 Å². The molecule has 1 aromatic rings. The van der Waals surface area contributed by atoms with Crippen LogP contribution in [0.2, 0.25) is 0 Å². The summed E-state index contributed by atoms with van der Waals surface area (Å²) in [7, 11) is 1.29. The van der Waals surface area contributed by atoms with E-state index >= 15 is 0 Å². The van der Waals surface area contributed by atoms with E-state index in [2.05, 4.69) is 17.0 Å². The lowest BCUT2D eigenvalue weighted by molar-refractivity contribution is 0.106. The molecule has 0 spiro atoms. The summed E-state index contributed by atoms with van der Waals surface area (Å²) in [5, 5.41) is 2.53. The first-order valence-corrected chi connectivity index (χ1v) is 7.72. The van der Waals surface area contributed by atoms with E-state index in [1.54, 1.807) is 29.2 Å². The lowest BCUT2D eigenvalue weighted by Crippen LogP contribution is -2.47. The first-order chi connectivity index (χ1) is 10.8. The van der Waals surface area contributed by atoms with Crippen LogP contribution in [0.5, 0.6) is 5.75 Å². The molecule has 0 bridgehead atoms. The molecule has 0 radical (unpaired) electrons. The van der Waals surface area contributed by atoms with Gasteiger partial charge in [0.2, 0.25) is 0 Å². The second kappa shape index (κ2) is 8.41. The van der Waals surface area contributed by atoms with Crippen molar-refractivity contribution in [2.45, 2.75) is 46.1 Å². The Labute approximate surface area is 137 Å². The SMILES string of the molecule is CCCCN(C(=O)Oc1cccc(NC(=O)OC)c1)C(C)(C)C. The Morgan fingerprint density at radius 3 is 2.52 bits per heavy atom. The van der Waals surface area contributed by atoms with Gasteiger partial charge >= 0.3 is 12.2 Å². The van der Waals surface area contributed by atoms with Gasteiger partial charge in [0.05, 0.1) is 7.11 Å². The van der Waals surface area contributed by atoms with Crippen molar-refractivity contribution in [1.29, 1.82) is 0 Å². The molecule has 2 amide bonds. The van der Waals surface area contributed by atoms with Crippen LogP contribution in [-0.2, 0) is 4.74 Å². The summed E-state index contributed by atoms with van der Waals surface area (Å²) in [6.45, 7) is 8.63. The molecule has 0 aliphatic carbocycles. The fraction of sp³-hybridized carbons (Fsp3) is 0.529. The highest BCUT2D eigenvalue weighted by atomic mass is 16.6. The van der Waals surface area contributed by atoms with Gasteiger partial charge in [-0.3, -0.25) is 5.32 Å². The summed E-state index contributed by atoms with van der Waals surface area (Å²) >= 11 is 0. The molecule has 0 aliphatic rings. The molecule has 1 aromatic carbocycles. The molecule has 23 heavy (non-hydrogen) atoms. The van der Waals surface area contributed by atoms with Crippen molar-refractivity contribution in [3.8, 4) is 5.75 Å². The predicted octanol–water partition coefficient (Wildman–Crippen LogP) is 4.26. The number of methoxy groups -OCH3 is 1. The molecule has 0 aliphatic heterocycles. The molecule has 1 N–H and O–H groups in total. The first kappa shape index (κ1) is 18.8. The van der Waals surface area contributed by atoms with Gasteiger partial charge in [-0.25, -0.2) is 9.59 Å². The fourth-order valence-electron chi connectivity index (χ4n) is 1.98. The van der Waals surface area contributed by atoms with Crippen molar-refractivity contribution in [3.05, 3.63) is 24.3 Å². The third-order valence-electron chi connectivity index (χ3n) is 3.24. The Morgan fingerprint density at radius 2 is 1.96 bits per heavy atom. The van der Waals surface area contributed by atoms with Crippen LogP contribution in [0, 0.1) is 0 Å². The van der Waals surface area contributed by atoms with Crippen molar-refractivity contribution >= 4 is 17.9 Å². The zero-order chi connectivity index (χ0) is 17.5. The number of amides is 2. The Balaban J connectivity index is 2.82. The molecular formula is C17H26N2O4. The monoisotopic (exact) mass is 322 g/mol. The summed E-state index contributed by atoms with van der Waals surface area (Å²) in [5.74, 6) is 0.370. The number of nitrogens with zero attached hydrogens (tertiary/aromatic N) is 1. The predicted molar refractivity (Wildman–Crippen MR) is 89.9 cm³/mol. The number of carbonyl (C=O) groups excluding carboxylic acids is 2. The van der Waals surface area contributed by atoms with Crippen molar-refractivity contribution in [2.75, 3.05) is 19.0 Å². The van der Waals surface area contributed by atoms with E-state index in [1.807, 2.05) is 20.8 Å². The summed E-state index contributed by atoms with van der Waals surface area (Å²) in [4.78, 5) is 25.4. The number of carbonyl (C=O) groups is 2. The van der Waals surface area contributed by atoms with Crippen LogP contribution in [0.25, 0.3) is 0 Å². The van der Waals surface area contributed by atoms with E-state index in [9.17, 15) is 9.59 Å². The van der Waals surface area contributed by atoms with Gasteiger partial charge in [0, 0.05) is 23.8 Å². The zero-order valence-electron chi connectivity index (χ0n) is 14.5. The molecule has 0 aromatic heterocycles. The van der Waals surface area contributed by atoms with Gasteiger partial charge < -0.3 is 14.4 Å². The Morgan fingerprint density at radius 1 is 1.26 bits per heavy atom. The third-order valence-corrected chi connectivity index (χ3v) is 3.24. The van der Waals surface area contributed by atoms with E-state index in [1.165, 1.54) is 7.11 Å². The number of hydrogen-bond acceptors (Lipinski definition) is 4. The van der Waals surface area contributed by atoms with Crippen LogP contribution >= 0.6 is 0 Å². The van der Waals surface area contributed by atoms with E-state index < -0.39 is 12.2 Å². The Bertz CT molecular complexity index is 538. The number of hydrogen-bond donors (Lipinski definition) is 1. The highest BCUT2D eigenvalue weighted by molar-refractivity contribution is 5.85. The molecule has 1 rings (SSSR count). The van der Waals surface area contributed by atoms with E-state index in [4.69, 9.17) is 4.74 Å². The number of nitrogens with one attached hydrogen (secondary N) is 1. The molecule has 6 nitrogen and oxygen atoms in total. The molecule has 0 fully saturated rings. The maximum Gasteiger partial charge on any atom is 0.415 e. The second-order valence-corrected chi connectivity index (χ2v) is 6.19. The number of unbranched alkanes of at least 4 members (excludes halogenated alkanes) is 1. The quantitative estimate of drug-likeness (QED) is 0.879. The molecule has 6 heteroatoms. The van der Waals surface area contributed by atoms with E-state index in [0.717, 1.165) is 12.8 Å². The molecule has 128 valence electrons. The smallest absolute Gasteiger partial charge is 0.415 e. The zero-order valence-corrected chi connectivity index (χ0v) is 14.5. The number of rotatable bonds is 5. The number of benzene rings is 1. The third kappa shape index (κ3) is 6.18. The van der Waals surface area contributed by atoms with Gasteiger partial charge in [-0.1, -0.05) is 19.4 Å². The molecular weight excluding hydrogens is 296 g/mol. The highest BCUT2D eigenvalue weighted by Gasteiger charge is 2.27. The van der Waals surface area contributed by atoms with Gasteiger partial charge in [-0.05, 0) is 39.3 Å². The van der Waals surface area contributed by atoms with Crippen molar-refractivity contribution < 1.29 is 19.1 Å². The normalized spacial score (nSPS) is 10.8. The standard InChI is InChI=1S/C17H26N2O4/c1-6-7-11-19(17(2,3)4)16(21)23-14-10-8-9-13(12-14)18-15(20)22-5/h8-10,12H,6-7,11H2,1-5H3,(H,18,20). The minimum Gasteiger partial charge on any atom is -0.453 e. The Kier molecular flexibility index (Phi) is 6.88. The maximum absolute atomic E-state index is 12.4. The van der Waals surface area contributed by atoms with Crippen molar-refractivity contribution in [1.82, 2.24) is 4.90 Å². The largest absolute Gasteiger partial charge is 0.453 e. The van der Waals surface area contributed by atoms with Crippen LogP contribution in [0.4, 0.5) is 15.3 Å². The van der Waals surface area contributed by atoms with E-state index in [0.29, 0.717) is 18.0 Å². The second-order valence-electron chi connectivity index (χ2n) is 6.19. The van der Waals surface area contributed by atoms with Crippen LogP contribution in [0.15, 0.2) is 24.3 Å². The first-order valence-electron chi connectivity index (χ1n) is 7.72. The number of ether oxygens (including phenoxy) is 2. The van der Waals surface area contributed by atoms with Gasteiger partial charge in [0.25, 0.3) is 0 Å². The summed E-state index contributed by atoms with van der Waals surface area (Å²) in [5.41, 5.74) is 0.173. The van der Waals surface area contributed by atoms with Gasteiger partial charge in [0.15, 0.2) is 0 Å². The van der Waals surface area contributed by atoms with Crippen molar-refractivity contribution in [3.63, 3.8) is 0 Å². The summed E-state index contributed by atoms with van der Waals surface area (Å²) in [6, 6.07) is 6.63. The van der Waals surface area contributed by atoms with Crippen LogP contribution < -0.4 is 10.1 Å². The minimum absolute atomic E-state index is 0.325. The molecule has 0 saturated heterocycles. The van der Waals surface area contributed by atoms with Gasteiger partial charge in [-0.2, -0.15) is 0 Å². The van der Waals surface area contributed by atoms with Crippen LogP contribution in [0.1, 0.15) is 40.5 Å². The minimum atomic E-state index is -0.576. The average molecular weight is 322 g/mol. The molecule has 0 heterocycles. The summed E-state index contributed by atoms with van der Waals surface area (Å²) in [6.07, 6.45) is 0.934.